The highest BCUT2D eigenvalue weighted by molar-refractivity contribution is 7.16. The fourth-order valence-electron chi connectivity index (χ4n) is 2.31. The van der Waals surface area contributed by atoms with Gasteiger partial charge in [0, 0.05) is 12.3 Å². The highest BCUT2D eigenvalue weighted by Gasteiger charge is 2.32. The first kappa shape index (κ1) is 13.9. The number of nitrogens with one attached hydrogen (secondary N) is 1. The van der Waals surface area contributed by atoms with Gasteiger partial charge in [-0.25, -0.2) is 4.98 Å². The minimum Gasteiger partial charge on any atom is -0.375 e. The number of nitrogens with zero attached hydrogens (tertiary/aromatic N) is 1. The lowest BCUT2D eigenvalue weighted by atomic mass is 9.91. The van der Waals surface area contributed by atoms with Gasteiger partial charge in [-0.3, -0.25) is 4.79 Å². The summed E-state index contributed by atoms with van der Waals surface area (Å²) in [6.45, 7) is 0. The van der Waals surface area contributed by atoms with Crippen molar-refractivity contribution in [2.45, 2.75) is 18.5 Å². The SMILES string of the molecule is Nc1nc2c(s1)[C@H](c1ccc(C(F)(F)F)cc1)CC(=O)N2. The van der Waals surface area contributed by atoms with Gasteiger partial charge in [-0.05, 0) is 17.7 Å². The summed E-state index contributed by atoms with van der Waals surface area (Å²) in [5.41, 5.74) is 5.56. The van der Waals surface area contributed by atoms with Gasteiger partial charge in [-0.2, -0.15) is 13.2 Å². The molecule has 110 valence electrons. The van der Waals surface area contributed by atoms with Gasteiger partial charge in [0.2, 0.25) is 5.91 Å². The Morgan fingerprint density at radius 2 is 1.95 bits per heavy atom. The van der Waals surface area contributed by atoms with Gasteiger partial charge < -0.3 is 11.1 Å². The lowest BCUT2D eigenvalue weighted by molar-refractivity contribution is -0.137. The van der Waals surface area contributed by atoms with Crippen molar-refractivity contribution in [1.82, 2.24) is 4.98 Å². The Kier molecular flexibility index (Phi) is 3.12. The number of aromatic nitrogens is 1. The van der Waals surface area contributed by atoms with Gasteiger partial charge in [0.25, 0.3) is 0 Å². The first-order valence-electron chi connectivity index (χ1n) is 6.08. The van der Waals surface area contributed by atoms with Crippen molar-refractivity contribution in [3.8, 4) is 0 Å². The minimum atomic E-state index is -4.37. The maximum Gasteiger partial charge on any atom is 0.416 e. The Morgan fingerprint density at radius 1 is 1.29 bits per heavy atom. The molecule has 2 heterocycles. The third-order valence-electron chi connectivity index (χ3n) is 3.27. The highest BCUT2D eigenvalue weighted by Crippen LogP contribution is 2.42. The van der Waals surface area contributed by atoms with Crippen LogP contribution >= 0.6 is 11.3 Å². The Bertz CT molecular complexity index is 694. The number of alkyl halides is 3. The number of carbonyl (C=O) groups excluding carboxylic acids is 1. The zero-order chi connectivity index (χ0) is 15.2. The number of hydrogen-bond acceptors (Lipinski definition) is 4. The van der Waals surface area contributed by atoms with Crippen LogP contribution in [0.2, 0.25) is 0 Å². The van der Waals surface area contributed by atoms with E-state index in [1.807, 2.05) is 0 Å². The number of rotatable bonds is 1. The number of nitrogen functional groups attached to an aromatic ring is 1. The average molecular weight is 313 g/mol. The normalized spacial score (nSPS) is 18.2. The molecular weight excluding hydrogens is 303 g/mol. The summed E-state index contributed by atoms with van der Waals surface area (Å²) in [7, 11) is 0. The number of anilines is 2. The number of halogens is 3. The van der Waals surface area contributed by atoms with E-state index in [2.05, 4.69) is 10.3 Å². The summed E-state index contributed by atoms with van der Waals surface area (Å²) in [4.78, 5) is 16.5. The number of amides is 1. The Hall–Kier alpha value is -2.09. The molecule has 8 heteroatoms. The molecular formula is C13H10F3N3OS. The molecule has 3 rings (SSSR count). The molecule has 3 N–H and O–H groups in total. The maximum absolute atomic E-state index is 12.6. The molecule has 1 aromatic carbocycles. The number of nitrogens with two attached hydrogens (primary N) is 1. The second-order valence-electron chi connectivity index (χ2n) is 4.69. The molecule has 4 nitrogen and oxygen atoms in total. The van der Waals surface area contributed by atoms with Crippen molar-refractivity contribution in [1.29, 1.82) is 0 Å². The minimum absolute atomic E-state index is 0.167. The molecule has 1 amide bonds. The van der Waals surface area contributed by atoms with Gasteiger partial charge in [-0.1, -0.05) is 23.5 Å². The second kappa shape index (κ2) is 4.73. The average Bonchev–Trinajstić information content (AvgIpc) is 2.77. The van der Waals surface area contributed by atoms with Crippen LogP contribution in [0.5, 0.6) is 0 Å². The summed E-state index contributed by atoms with van der Waals surface area (Å²) >= 11 is 1.23. The predicted molar refractivity (Wildman–Crippen MR) is 73.1 cm³/mol. The van der Waals surface area contributed by atoms with E-state index in [1.54, 1.807) is 0 Å². The van der Waals surface area contributed by atoms with Crippen LogP contribution in [0.3, 0.4) is 0 Å². The molecule has 0 saturated heterocycles. The summed E-state index contributed by atoms with van der Waals surface area (Å²) in [5, 5.41) is 2.94. The largest absolute Gasteiger partial charge is 0.416 e. The molecule has 21 heavy (non-hydrogen) atoms. The van der Waals surface area contributed by atoms with Crippen LogP contribution < -0.4 is 11.1 Å². The van der Waals surface area contributed by atoms with E-state index in [0.717, 1.165) is 17.0 Å². The van der Waals surface area contributed by atoms with Crippen molar-refractivity contribution in [3.05, 3.63) is 40.3 Å². The molecule has 2 aromatic rings. The summed E-state index contributed by atoms with van der Waals surface area (Å²) in [5.74, 6) is -0.137. The third kappa shape index (κ3) is 2.58. The number of carbonyl (C=O) groups is 1. The van der Waals surface area contributed by atoms with Crippen LogP contribution in [0.4, 0.5) is 24.1 Å². The van der Waals surface area contributed by atoms with E-state index in [9.17, 15) is 18.0 Å². The van der Waals surface area contributed by atoms with E-state index < -0.39 is 11.7 Å². The van der Waals surface area contributed by atoms with E-state index in [1.165, 1.54) is 23.5 Å². The van der Waals surface area contributed by atoms with Gasteiger partial charge in [-0.15, -0.1) is 0 Å². The van der Waals surface area contributed by atoms with Crippen LogP contribution in [-0.2, 0) is 11.0 Å². The molecule has 0 radical (unpaired) electrons. The molecule has 1 atom stereocenters. The quantitative estimate of drug-likeness (QED) is 0.849. The molecule has 1 aliphatic heterocycles. The Morgan fingerprint density at radius 3 is 2.57 bits per heavy atom. The van der Waals surface area contributed by atoms with Crippen molar-refractivity contribution < 1.29 is 18.0 Å². The van der Waals surface area contributed by atoms with Crippen LogP contribution in [0.25, 0.3) is 0 Å². The lowest BCUT2D eigenvalue weighted by Gasteiger charge is -2.21. The van der Waals surface area contributed by atoms with Gasteiger partial charge in [0.15, 0.2) is 5.13 Å². The zero-order valence-electron chi connectivity index (χ0n) is 10.6. The molecule has 0 spiro atoms. The number of benzene rings is 1. The first-order valence-corrected chi connectivity index (χ1v) is 6.89. The standard InChI is InChI=1S/C13H10F3N3OS/c14-13(15,16)7-3-1-6(2-4-7)8-5-9(20)18-11-10(8)21-12(17)19-11/h1-4,8H,5H2,(H2,17,19)(H,18,20)/t8-/m0/s1. The van der Waals surface area contributed by atoms with Crippen LogP contribution in [0.1, 0.15) is 28.3 Å². The van der Waals surface area contributed by atoms with Crippen LogP contribution in [0, 0.1) is 0 Å². The Labute approximate surface area is 121 Å². The number of thiazole rings is 1. The van der Waals surface area contributed by atoms with Gasteiger partial charge in [0.1, 0.15) is 5.82 Å². The molecule has 1 aromatic heterocycles. The van der Waals surface area contributed by atoms with Crippen molar-refractivity contribution in [2.24, 2.45) is 0 Å². The van der Waals surface area contributed by atoms with E-state index >= 15 is 0 Å². The van der Waals surface area contributed by atoms with Crippen LogP contribution in [-0.4, -0.2) is 10.9 Å². The summed E-state index contributed by atoms with van der Waals surface area (Å²) in [6.07, 6.45) is -4.21. The van der Waals surface area contributed by atoms with Gasteiger partial charge >= 0.3 is 6.18 Å². The molecule has 0 aliphatic carbocycles. The molecule has 0 bridgehead atoms. The van der Waals surface area contributed by atoms with E-state index in [0.29, 0.717) is 16.5 Å². The summed E-state index contributed by atoms with van der Waals surface area (Å²) in [6, 6.07) is 4.83. The number of hydrogen-bond donors (Lipinski definition) is 2. The monoisotopic (exact) mass is 313 g/mol. The smallest absolute Gasteiger partial charge is 0.375 e. The molecule has 0 saturated carbocycles. The number of fused-ring (bicyclic) bond motifs is 1. The second-order valence-corrected chi connectivity index (χ2v) is 5.75. The highest BCUT2D eigenvalue weighted by atomic mass is 32.1. The van der Waals surface area contributed by atoms with Crippen molar-refractivity contribution >= 4 is 28.2 Å². The van der Waals surface area contributed by atoms with E-state index in [4.69, 9.17) is 5.73 Å². The van der Waals surface area contributed by atoms with Crippen molar-refractivity contribution in [3.63, 3.8) is 0 Å². The Balaban J connectivity index is 1.99. The zero-order valence-corrected chi connectivity index (χ0v) is 11.4. The fourth-order valence-corrected chi connectivity index (χ4v) is 3.23. The topological polar surface area (TPSA) is 68.0 Å². The predicted octanol–water partition coefficient (Wildman–Crippen LogP) is 3.22. The van der Waals surface area contributed by atoms with Crippen LogP contribution in [0.15, 0.2) is 24.3 Å². The molecule has 0 fully saturated rings. The van der Waals surface area contributed by atoms with Gasteiger partial charge in [0.05, 0.1) is 10.4 Å². The third-order valence-corrected chi connectivity index (χ3v) is 4.27. The first-order chi connectivity index (χ1) is 9.84. The molecule has 1 aliphatic rings. The lowest BCUT2D eigenvalue weighted by Crippen LogP contribution is -2.22. The molecule has 0 unspecified atom stereocenters. The van der Waals surface area contributed by atoms with Crippen molar-refractivity contribution in [2.75, 3.05) is 11.1 Å². The maximum atomic E-state index is 12.6. The fraction of sp³-hybridized carbons (Fsp3) is 0.231. The summed E-state index contributed by atoms with van der Waals surface area (Å²) < 4.78 is 37.7. The van der Waals surface area contributed by atoms with E-state index in [-0.39, 0.29) is 18.2 Å².